The van der Waals surface area contributed by atoms with Gasteiger partial charge in [-0.25, -0.2) is 0 Å². The molecule has 1 aliphatic carbocycles. The molecule has 0 saturated heterocycles. The standard InChI is InChI=1S/C17H19N3O3S/c1-11(21)23-14-9-7-12(8-10-14)15(22)18-17-20-19-16(24-17)13-5-3-2-4-6-13/h7-10,13H,2-6H2,1H3,(H,18,20,22). The van der Waals surface area contributed by atoms with Gasteiger partial charge in [-0.1, -0.05) is 30.6 Å². The van der Waals surface area contributed by atoms with Crippen LogP contribution in [0, 0.1) is 0 Å². The molecule has 7 heteroatoms. The Hall–Kier alpha value is -2.28. The summed E-state index contributed by atoms with van der Waals surface area (Å²) >= 11 is 1.45. The minimum absolute atomic E-state index is 0.254. The Labute approximate surface area is 144 Å². The van der Waals surface area contributed by atoms with Crippen LogP contribution < -0.4 is 10.1 Å². The van der Waals surface area contributed by atoms with E-state index < -0.39 is 5.97 Å². The average Bonchev–Trinajstić information content (AvgIpc) is 3.04. The van der Waals surface area contributed by atoms with Crippen molar-refractivity contribution in [3.8, 4) is 5.75 Å². The highest BCUT2D eigenvalue weighted by Crippen LogP contribution is 2.35. The molecule has 1 N–H and O–H groups in total. The van der Waals surface area contributed by atoms with E-state index in [1.807, 2.05) is 0 Å². The molecule has 0 atom stereocenters. The number of rotatable bonds is 4. The van der Waals surface area contributed by atoms with Crippen LogP contribution in [0.4, 0.5) is 5.13 Å². The summed E-state index contributed by atoms with van der Waals surface area (Å²) in [6.45, 7) is 1.33. The molecule has 1 aliphatic rings. The SMILES string of the molecule is CC(=O)Oc1ccc(C(=O)Nc2nnc(C3CCCCC3)s2)cc1. The minimum atomic E-state index is -0.392. The van der Waals surface area contributed by atoms with E-state index in [4.69, 9.17) is 4.74 Å². The van der Waals surface area contributed by atoms with Crippen LogP contribution in [0.3, 0.4) is 0 Å². The van der Waals surface area contributed by atoms with Gasteiger partial charge in [-0.2, -0.15) is 0 Å². The van der Waals surface area contributed by atoms with Crippen molar-refractivity contribution in [2.45, 2.75) is 44.9 Å². The van der Waals surface area contributed by atoms with Gasteiger partial charge in [0.05, 0.1) is 0 Å². The fourth-order valence-electron chi connectivity index (χ4n) is 2.81. The fourth-order valence-corrected chi connectivity index (χ4v) is 3.72. The summed E-state index contributed by atoms with van der Waals surface area (Å²) in [6.07, 6.45) is 6.07. The first-order chi connectivity index (χ1) is 11.6. The Kier molecular flexibility index (Phi) is 5.20. The monoisotopic (exact) mass is 345 g/mol. The highest BCUT2D eigenvalue weighted by atomic mass is 32.1. The van der Waals surface area contributed by atoms with Crippen molar-refractivity contribution in [1.82, 2.24) is 10.2 Å². The number of nitrogens with one attached hydrogen (secondary N) is 1. The van der Waals surface area contributed by atoms with Crippen molar-refractivity contribution in [1.29, 1.82) is 0 Å². The molecular formula is C17H19N3O3S. The van der Waals surface area contributed by atoms with Crippen LogP contribution in [0.5, 0.6) is 5.75 Å². The molecule has 0 radical (unpaired) electrons. The number of esters is 1. The van der Waals surface area contributed by atoms with E-state index in [0.29, 0.717) is 22.4 Å². The van der Waals surface area contributed by atoms with Gasteiger partial charge in [0, 0.05) is 18.4 Å². The van der Waals surface area contributed by atoms with Crippen LogP contribution >= 0.6 is 11.3 Å². The number of carbonyl (C=O) groups excluding carboxylic acids is 2. The zero-order valence-electron chi connectivity index (χ0n) is 13.4. The third kappa shape index (κ3) is 4.17. The third-order valence-corrected chi connectivity index (χ3v) is 4.99. The predicted molar refractivity (Wildman–Crippen MR) is 91.4 cm³/mol. The van der Waals surface area contributed by atoms with E-state index >= 15 is 0 Å². The van der Waals surface area contributed by atoms with Gasteiger partial charge in [-0.05, 0) is 37.1 Å². The fraction of sp³-hybridized carbons (Fsp3) is 0.412. The quantitative estimate of drug-likeness (QED) is 0.674. The first kappa shape index (κ1) is 16.6. The predicted octanol–water partition coefficient (Wildman–Crippen LogP) is 3.76. The molecule has 1 fully saturated rings. The Balaban J connectivity index is 1.62. The van der Waals surface area contributed by atoms with Gasteiger partial charge in [0.1, 0.15) is 10.8 Å². The van der Waals surface area contributed by atoms with Crippen LogP contribution in [0.1, 0.15) is 60.3 Å². The maximum absolute atomic E-state index is 12.3. The van der Waals surface area contributed by atoms with E-state index in [1.165, 1.54) is 37.5 Å². The lowest BCUT2D eigenvalue weighted by Crippen LogP contribution is -2.11. The zero-order valence-corrected chi connectivity index (χ0v) is 14.3. The lowest BCUT2D eigenvalue weighted by atomic mass is 9.90. The molecule has 1 saturated carbocycles. The zero-order chi connectivity index (χ0) is 16.9. The molecule has 126 valence electrons. The molecule has 1 aromatic heterocycles. The summed E-state index contributed by atoms with van der Waals surface area (Å²) < 4.78 is 4.95. The molecule has 1 heterocycles. The summed E-state index contributed by atoms with van der Waals surface area (Å²) in [6, 6.07) is 6.39. The van der Waals surface area contributed by atoms with Crippen molar-refractivity contribution >= 4 is 28.3 Å². The number of hydrogen-bond acceptors (Lipinski definition) is 6. The van der Waals surface area contributed by atoms with Crippen molar-refractivity contribution in [2.75, 3.05) is 5.32 Å². The largest absolute Gasteiger partial charge is 0.427 e. The highest BCUT2D eigenvalue weighted by molar-refractivity contribution is 7.15. The Morgan fingerprint density at radius 1 is 1.12 bits per heavy atom. The van der Waals surface area contributed by atoms with Gasteiger partial charge >= 0.3 is 5.97 Å². The van der Waals surface area contributed by atoms with E-state index in [9.17, 15) is 9.59 Å². The maximum atomic E-state index is 12.3. The number of nitrogens with zero attached hydrogens (tertiary/aromatic N) is 2. The molecule has 0 spiro atoms. The number of carbonyl (C=O) groups is 2. The molecule has 1 amide bonds. The van der Waals surface area contributed by atoms with Crippen LogP contribution in [-0.4, -0.2) is 22.1 Å². The van der Waals surface area contributed by atoms with Crippen LogP contribution in [0.2, 0.25) is 0 Å². The summed E-state index contributed by atoms with van der Waals surface area (Å²) in [5, 5.41) is 12.6. The summed E-state index contributed by atoms with van der Waals surface area (Å²) in [7, 11) is 0. The van der Waals surface area contributed by atoms with Crippen molar-refractivity contribution in [3.05, 3.63) is 34.8 Å². The normalized spacial score (nSPS) is 15.0. The molecule has 2 aromatic rings. The highest BCUT2D eigenvalue weighted by Gasteiger charge is 2.20. The summed E-state index contributed by atoms with van der Waals surface area (Å²) in [5.74, 6) is 0.242. The number of benzene rings is 1. The average molecular weight is 345 g/mol. The molecule has 1 aromatic carbocycles. The molecule has 0 aliphatic heterocycles. The second kappa shape index (κ2) is 7.53. The molecule has 3 rings (SSSR count). The van der Waals surface area contributed by atoms with Gasteiger partial charge in [0.25, 0.3) is 5.91 Å². The van der Waals surface area contributed by atoms with Gasteiger partial charge < -0.3 is 4.74 Å². The van der Waals surface area contributed by atoms with Crippen molar-refractivity contribution in [3.63, 3.8) is 0 Å². The van der Waals surface area contributed by atoms with E-state index in [1.54, 1.807) is 24.3 Å². The van der Waals surface area contributed by atoms with Gasteiger partial charge in [0.2, 0.25) is 5.13 Å². The Morgan fingerprint density at radius 2 is 1.83 bits per heavy atom. The number of ether oxygens (including phenoxy) is 1. The molecule has 0 unspecified atom stereocenters. The lowest BCUT2D eigenvalue weighted by Gasteiger charge is -2.18. The smallest absolute Gasteiger partial charge is 0.308 e. The maximum Gasteiger partial charge on any atom is 0.308 e. The number of amides is 1. The Morgan fingerprint density at radius 3 is 2.50 bits per heavy atom. The van der Waals surface area contributed by atoms with E-state index in [-0.39, 0.29) is 5.91 Å². The van der Waals surface area contributed by atoms with Crippen LogP contribution in [-0.2, 0) is 4.79 Å². The third-order valence-electron chi connectivity index (χ3n) is 3.99. The summed E-state index contributed by atoms with van der Waals surface area (Å²) in [4.78, 5) is 23.1. The second-order valence-corrected chi connectivity index (χ2v) is 6.86. The van der Waals surface area contributed by atoms with Crippen molar-refractivity contribution < 1.29 is 14.3 Å². The second-order valence-electron chi connectivity index (χ2n) is 5.85. The lowest BCUT2D eigenvalue weighted by molar-refractivity contribution is -0.131. The van der Waals surface area contributed by atoms with E-state index in [0.717, 1.165) is 17.8 Å². The van der Waals surface area contributed by atoms with Gasteiger partial charge in [-0.15, -0.1) is 10.2 Å². The van der Waals surface area contributed by atoms with E-state index in [2.05, 4.69) is 15.5 Å². The molecule has 0 bridgehead atoms. The Bertz CT molecular complexity index is 721. The molecule has 6 nitrogen and oxygen atoms in total. The summed E-state index contributed by atoms with van der Waals surface area (Å²) in [5.41, 5.74) is 0.473. The molecule has 24 heavy (non-hydrogen) atoms. The number of aromatic nitrogens is 2. The van der Waals surface area contributed by atoms with Gasteiger partial charge in [0.15, 0.2) is 0 Å². The first-order valence-corrected chi connectivity index (χ1v) is 8.86. The minimum Gasteiger partial charge on any atom is -0.427 e. The van der Waals surface area contributed by atoms with Gasteiger partial charge in [-0.3, -0.25) is 14.9 Å². The number of hydrogen-bond donors (Lipinski definition) is 1. The molecular weight excluding hydrogens is 326 g/mol. The number of anilines is 1. The van der Waals surface area contributed by atoms with Crippen molar-refractivity contribution in [2.24, 2.45) is 0 Å². The van der Waals surface area contributed by atoms with Crippen LogP contribution in [0.25, 0.3) is 0 Å². The van der Waals surface area contributed by atoms with Crippen LogP contribution in [0.15, 0.2) is 24.3 Å². The first-order valence-electron chi connectivity index (χ1n) is 8.05. The topological polar surface area (TPSA) is 81.2 Å².